The van der Waals surface area contributed by atoms with Crippen LogP contribution >= 0.6 is 0 Å². The lowest BCUT2D eigenvalue weighted by atomic mass is 10.0. The summed E-state index contributed by atoms with van der Waals surface area (Å²) < 4.78 is 5.33. The lowest BCUT2D eigenvalue weighted by Gasteiger charge is -2.29. The number of amides is 3. The fraction of sp³-hybridized carbons (Fsp3) is 0.344. The number of nitrogens with one attached hydrogen (secondary N) is 2. The molecule has 0 fully saturated rings. The quantitative estimate of drug-likeness (QED) is 0.308. The highest BCUT2D eigenvalue weighted by atomic mass is 16.5. The van der Waals surface area contributed by atoms with Gasteiger partial charge < -0.3 is 20.3 Å². The average Bonchev–Trinajstić information content (AvgIpc) is 2.95. The summed E-state index contributed by atoms with van der Waals surface area (Å²) in [6.45, 7) is 6.75. The Labute approximate surface area is 231 Å². The number of benzene rings is 3. The minimum absolute atomic E-state index is 0.104. The van der Waals surface area contributed by atoms with E-state index in [-0.39, 0.29) is 18.4 Å². The Bertz CT molecular complexity index is 1130. The Kier molecular flexibility index (Phi) is 11.6. The minimum atomic E-state index is -0.827. The van der Waals surface area contributed by atoms with Crippen molar-refractivity contribution in [2.75, 3.05) is 0 Å². The number of rotatable bonds is 13. The van der Waals surface area contributed by atoms with Crippen molar-refractivity contribution in [2.45, 2.75) is 65.4 Å². The van der Waals surface area contributed by atoms with Crippen LogP contribution in [0.4, 0.5) is 4.79 Å². The normalized spacial score (nSPS) is 12.3. The first-order chi connectivity index (χ1) is 18.9. The predicted molar refractivity (Wildman–Crippen MR) is 152 cm³/mol. The van der Waals surface area contributed by atoms with Gasteiger partial charge in [0.1, 0.15) is 18.7 Å². The van der Waals surface area contributed by atoms with Gasteiger partial charge >= 0.3 is 6.09 Å². The first-order valence-corrected chi connectivity index (χ1v) is 13.5. The predicted octanol–water partition coefficient (Wildman–Crippen LogP) is 5.45. The van der Waals surface area contributed by atoms with E-state index in [1.807, 2.05) is 112 Å². The summed E-state index contributed by atoms with van der Waals surface area (Å²) in [6.07, 6.45) is 0.153. The average molecular weight is 530 g/mol. The minimum Gasteiger partial charge on any atom is -0.445 e. The maximum atomic E-state index is 13.7. The molecule has 3 aromatic rings. The molecule has 0 saturated carbocycles. The molecule has 0 aliphatic carbocycles. The summed E-state index contributed by atoms with van der Waals surface area (Å²) in [4.78, 5) is 41.4. The lowest BCUT2D eigenvalue weighted by molar-refractivity contribution is -0.138. The van der Waals surface area contributed by atoms with E-state index in [1.165, 1.54) is 0 Å². The summed E-state index contributed by atoms with van der Waals surface area (Å²) in [7, 11) is 0. The summed E-state index contributed by atoms with van der Waals surface area (Å²) >= 11 is 0. The fourth-order valence-electron chi connectivity index (χ4n) is 4.26. The zero-order valence-electron chi connectivity index (χ0n) is 23.0. The van der Waals surface area contributed by atoms with Gasteiger partial charge in [0.25, 0.3) is 0 Å². The van der Waals surface area contributed by atoms with E-state index < -0.39 is 24.1 Å². The zero-order chi connectivity index (χ0) is 28.0. The SMILES string of the molecule is CC[C@H](NC(=O)[C@H](CC(C)C)NC(=O)OCc1ccccc1)C(=O)N(Cc1ccccc1)Cc1ccccc1. The third-order valence-corrected chi connectivity index (χ3v) is 6.30. The Hall–Kier alpha value is -4.13. The van der Waals surface area contributed by atoms with Crippen LogP contribution in [-0.2, 0) is 34.0 Å². The number of carbonyl (C=O) groups is 3. The van der Waals surface area contributed by atoms with Crippen molar-refractivity contribution in [3.63, 3.8) is 0 Å². The Morgan fingerprint density at radius 2 is 1.21 bits per heavy atom. The highest BCUT2D eigenvalue weighted by molar-refractivity contribution is 5.91. The molecule has 0 saturated heterocycles. The molecule has 2 N–H and O–H groups in total. The van der Waals surface area contributed by atoms with Crippen LogP contribution in [0.25, 0.3) is 0 Å². The van der Waals surface area contributed by atoms with Gasteiger partial charge in [0, 0.05) is 13.1 Å². The first kappa shape index (κ1) is 29.4. The van der Waals surface area contributed by atoms with E-state index in [0.29, 0.717) is 25.9 Å². The Morgan fingerprint density at radius 3 is 1.67 bits per heavy atom. The van der Waals surface area contributed by atoms with Gasteiger partial charge in [0.2, 0.25) is 11.8 Å². The summed E-state index contributed by atoms with van der Waals surface area (Å²) in [5.74, 6) is -0.438. The largest absolute Gasteiger partial charge is 0.445 e. The van der Waals surface area contributed by atoms with Gasteiger partial charge in [-0.1, -0.05) is 112 Å². The lowest BCUT2D eigenvalue weighted by Crippen LogP contribution is -2.54. The molecule has 7 heteroatoms. The molecule has 0 aromatic heterocycles. The highest BCUT2D eigenvalue weighted by Gasteiger charge is 2.29. The number of ether oxygens (including phenoxy) is 1. The monoisotopic (exact) mass is 529 g/mol. The molecule has 0 spiro atoms. The van der Waals surface area contributed by atoms with Crippen molar-refractivity contribution in [1.29, 1.82) is 0 Å². The van der Waals surface area contributed by atoms with Crippen molar-refractivity contribution in [1.82, 2.24) is 15.5 Å². The molecule has 0 aliphatic rings. The van der Waals surface area contributed by atoms with E-state index in [1.54, 1.807) is 4.90 Å². The third-order valence-electron chi connectivity index (χ3n) is 6.30. The molecule has 0 bridgehead atoms. The van der Waals surface area contributed by atoms with E-state index in [0.717, 1.165) is 16.7 Å². The van der Waals surface area contributed by atoms with Crippen molar-refractivity contribution in [3.8, 4) is 0 Å². The molecule has 3 rings (SSSR count). The second-order valence-electron chi connectivity index (χ2n) is 10.0. The molecule has 0 radical (unpaired) electrons. The van der Waals surface area contributed by atoms with Crippen molar-refractivity contribution in [3.05, 3.63) is 108 Å². The second-order valence-corrected chi connectivity index (χ2v) is 10.0. The van der Waals surface area contributed by atoms with Gasteiger partial charge in [-0.2, -0.15) is 0 Å². The van der Waals surface area contributed by atoms with Crippen LogP contribution in [-0.4, -0.2) is 34.9 Å². The molecule has 2 atom stereocenters. The number of alkyl carbamates (subject to hydrolysis) is 1. The molecule has 0 heterocycles. The van der Waals surface area contributed by atoms with Gasteiger partial charge in [0.15, 0.2) is 0 Å². The molecule has 7 nitrogen and oxygen atoms in total. The van der Waals surface area contributed by atoms with Crippen LogP contribution in [0.5, 0.6) is 0 Å². The summed E-state index contributed by atoms with van der Waals surface area (Å²) in [6, 6.07) is 27.4. The van der Waals surface area contributed by atoms with Crippen LogP contribution in [0, 0.1) is 5.92 Å². The smallest absolute Gasteiger partial charge is 0.408 e. The Balaban J connectivity index is 1.69. The summed E-state index contributed by atoms with van der Waals surface area (Å²) in [5.41, 5.74) is 2.86. The van der Waals surface area contributed by atoms with E-state index in [9.17, 15) is 14.4 Å². The van der Waals surface area contributed by atoms with Gasteiger partial charge in [-0.05, 0) is 35.4 Å². The van der Waals surface area contributed by atoms with Gasteiger partial charge in [-0.3, -0.25) is 9.59 Å². The molecule has 3 amide bonds. The number of hydrogen-bond donors (Lipinski definition) is 2. The molecular formula is C32H39N3O4. The molecule has 0 aliphatic heterocycles. The maximum absolute atomic E-state index is 13.7. The molecular weight excluding hydrogens is 490 g/mol. The molecule has 39 heavy (non-hydrogen) atoms. The molecule has 3 aromatic carbocycles. The van der Waals surface area contributed by atoms with E-state index in [4.69, 9.17) is 4.74 Å². The highest BCUT2D eigenvalue weighted by Crippen LogP contribution is 2.14. The number of carbonyl (C=O) groups excluding carboxylic acids is 3. The van der Waals surface area contributed by atoms with E-state index in [2.05, 4.69) is 10.6 Å². The second kappa shape index (κ2) is 15.3. The van der Waals surface area contributed by atoms with Gasteiger partial charge in [-0.15, -0.1) is 0 Å². The number of nitrogens with zero attached hydrogens (tertiary/aromatic N) is 1. The van der Waals surface area contributed by atoms with Crippen molar-refractivity contribution < 1.29 is 19.1 Å². The van der Waals surface area contributed by atoms with E-state index >= 15 is 0 Å². The molecule has 206 valence electrons. The van der Waals surface area contributed by atoms with Crippen molar-refractivity contribution >= 4 is 17.9 Å². The van der Waals surface area contributed by atoms with Crippen LogP contribution in [0.2, 0.25) is 0 Å². The van der Waals surface area contributed by atoms with Gasteiger partial charge in [-0.25, -0.2) is 4.79 Å². The van der Waals surface area contributed by atoms with Crippen LogP contribution < -0.4 is 10.6 Å². The standard InChI is InChI=1S/C32H39N3O4/c1-4-28(31(37)35(21-25-14-8-5-9-15-25)22-26-16-10-6-11-17-26)33-30(36)29(20-24(2)3)34-32(38)39-23-27-18-12-7-13-19-27/h5-19,24,28-29H,4,20-23H2,1-3H3,(H,33,36)(H,34,38)/t28-,29-/m0/s1. The third kappa shape index (κ3) is 9.93. The van der Waals surface area contributed by atoms with Crippen LogP contribution in [0.3, 0.4) is 0 Å². The topological polar surface area (TPSA) is 87.7 Å². The first-order valence-electron chi connectivity index (χ1n) is 13.5. The van der Waals surface area contributed by atoms with Crippen LogP contribution in [0.1, 0.15) is 50.3 Å². The van der Waals surface area contributed by atoms with Gasteiger partial charge in [0.05, 0.1) is 0 Å². The Morgan fingerprint density at radius 1 is 0.718 bits per heavy atom. The number of hydrogen-bond acceptors (Lipinski definition) is 4. The van der Waals surface area contributed by atoms with Crippen molar-refractivity contribution in [2.24, 2.45) is 5.92 Å². The zero-order valence-corrected chi connectivity index (χ0v) is 23.0. The summed E-state index contributed by atoms with van der Waals surface area (Å²) in [5, 5.41) is 5.60. The van der Waals surface area contributed by atoms with Crippen LogP contribution in [0.15, 0.2) is 91.0 Å². The maximum Gasteiger partial charge on any atom is 0.408 e. The molecule has 0 unspecified atom stereocenters. The fourth-order valence-corrected chi connectivity index (χ4v) is 4.26.